The van der Waals surface area contributed by atoms with Gasteiger partial charge in [0.05, 0.1) is 29.9 Å². The van der Waals surface area contributed by atoms with Gasteiger partial charge in [0.15, 0.2) is 0 Å². The number of nitrogens with zero attached hydrogens (tertiary/aromatic N) is 1. The predicted molar refractivity (Wildman–Crippen MR) is 74.1 cm³/mol. The van der Waals surface area contributed by atoms with Gasteiger partial charge in [0.1, 0.15) is 0 Å². The van der Waals surface area contributed by atoms with Crippen LogP contribution in [0, 0.1) is 0 Å². The maximum atomic E-state index is 12.1. The number of fused-ring (bicyclic) bond motifs is 1. The SMILES string of the molecule is O=C(NCCC1CCCCO1)C1Cc2nc[nH]c2CN1. The Morgan fingerprint density at radius 2 is 2.45 bits per heavy atom. The van der Waals surface area contributed by atoms with Gasteiger partial charge in [0, 0.05) is 26.1 Å². The first kappa shape index (κ1) is 13.6. The zero-order valence-corrected chi connectivity index (χ0v) is 11.7. The zero-order valence-electron chi connectivity index (χ0n) is 11.7. The van der Waals surface area contributed by atoms with Crippen LogP contribution in [0.3, 0.4) is 0 Å². The van der Waals surface area contributed by atoms with Gasteiger partial charge in [-0.3, -0.25) is 10.1 Å². The van der Waals surface area contributed by atoms with Crippen LogP contribution in [0.2, 0.25) is 0 Å². The third-order valence-corrected chi connectivity index (χ3v) is 4.09. The van der Waals surface area contributed by atoms with Crippen LogP contribution >= 0.6 is 0 Å². The fourth-order valence-electron chi connectivity index (χ4n) is 2.87. The molecule has 2 unspecified atom stereocenters. The average molecular weight is 278 g/mol. The van der Waals surface area contributed by atoms with Gasteiger partial charge < -0.3 is 15.0 Å². The number of aromatic amines is 1. The third kappa shape index (κ3) is 3.19. The van der Waals surface area contributed by atoms with Crippen molar-refractivity contribution < 1.29 is 9.53 Å². The van der Waals surface area contributed by atoms with Crippen molar-refractivity contribution in [1.82, 2.24) is 20.6 Å². The molecule has 2 aliphatic heterocycles. The van der Waals surface area contributed by atoms with Crippen LogP contribution in [0.1, 0.15) is 37.1 Å². The van der Waals surface area contributed by atoms with E-state index >= 15 is 0 Å². The first-order chi connectivity index (χ1) is 9.83. The van der Waals surface area contributed by atoms with Crippen LogP contribution in [0.5, 0.6) is 0 Å². The molecule has 2 atom stereocenters. The summed E-state index contributed by atoms with van der Waals surface area (Å²) in [6.45, 7) is 2.24. The summed E-state index contributed by atoms with van der Waals surface area (Å²) in [6.07, 6.45) is 7.10. The number of ether oxygens (including phenoxy) is 1. The number of amides is 1. The van der Waals surface area contributed by atoms with Crippen molar-refractivity contribution in [3.8, 4) is 0 Å². The molecule has 3 rings (SSSR count). The van der Waals surface area contributed by atoms with Crippen LogP contribution in [0.25, 0.3) is 0 Å². The second-order valence-electron chi connectivity index (χ2n) is 5.53. The lowest BCUT2D eigenvalue weighted by atomic mass is 10.0. The summed E-state index contributed by atoms with van der Waals surface area (Å²) in [7, 11) is 0. The third-order valence-electron chi connectivity index (χ3n) is 4.09. The first-order valence-corrected chi connectivity index (χ1v) is 7.47. The second kappa shape index (κ2) is 6.37. The van der Waals surface area contributed by atoms with E-state index in [9.17, 15) is 4.79 Å². The largest absolute Gasteiger partial charge is 0.378 e. The maximum Gasteiger partial charge on any atom is 0.237 e. The Balaban J connectivity index is 1.41. The quantitative estimate of drug-likeness (QED) is 0.749. The molecule has 0 bridgehead atoms. The van der Waals surface area contributed by atoms with E-state index in [2.05, 4.69) is 20.6 Å². The minimum absolute atomic E-state index is 0.0643. The van der Waals surface area contributed by atoms with E-state index in [1.165, 1.54) is 12.8 Å². The Labute approximate surface area is 118 Å². The molecule has 0 aliphatic carbocycles. The highest BCUT2D eigenvalue weighted by Crippen LogP contribution is 2.15. The molecular weight excluding hydrogens is 256 g/mol. The summed E-state index contributed by atoms with van der Waals surface area (Å²) in [4.78, 5) is 19.4. The minimum Gasteiger partial charge on any atom is -0.378 e. The summed E-state index contributed by atoms with van der Waals surface area (Å²) >= 11 is 0. The number of nitrogens with one attached hydrogen (secondary N) is 3. The van der Waals surface area contributed by atoms with Crippen molar-refractivity contribution in [2.24, 2.45) is 0 Å². The van der Waals surface area contributed by atoms with Crippen molar-refractivity contribution in [2.75, 3.05) is 13.2 Å². The monoisotopic (exact) mass is 278 g/mol. The van der Waals surface area contributed by atoms with E-state index in [-0.39, 0.29) is 11.9 Å². The van der Waals surface area contributed by atoms with E-state index in [0.717, 1.165) is 30.8 Å². The molecule has 1 saturated heterocycles. The minimum atomic E-state index is -0.168. The smallest absolute Gasteiger partial charge is 0.237 e. The molecule has 2 aliphatic rings. The summed E-state index contributed by atoms with van der Waals surface area (Å²) in [5, 5.41) is 6.24. The van der Waals surface area contributed by atoms with Gasteiger partial charge in [0.2, 0.25) is 5.91 Å². The number of imidazole rings is 1. The Kier molecular flexibility index (Phi) is 4.32. The molecule has 1 aromatic rings. The molecule has 1 aromatic heterocycles. The van der Waals surface area contributed by atoms with Crippen molar-refractivity contribution in [3.05, 3.63) is 17.7 Å². The van der Waals surface area contributed by atoms with Gasteiger partial charge in [-0.15, -0.1) is 0 Å². The second-order valence-corrected chi connectivity index (χ2v) is 5.53. The Bertz CT molecular complexity index is 454. The molecule has 6 heteroatoms. The first-order valence-electron chi connectivity index (χ1n) is 7.47. The summed E-state index contributed by atoms with van der Waals surface area (Å²) in [5.74, 6) is 0.0643. The van der Waals surface area contributed by atoms with Gasteiger partial charge in [-0.05, 0) is 25.7 Å². The Morgan fingerprint density at radius 3 is 3.30 bits per heavy atom. The summed E-state index contributed by atoms with van der Waals surface area (Å²) < 4.78 is 5.66. The van der Waals surface area contributed by atoms with Crippen LogP contribution < -0.4 is 10.6 Å². The molecule has 20 heavy (non-hydrogen) atoms. The van der Waals surface area contributed by atoms with Gasteiger partial charge >= 0.3 is 0 Å². The molecule has 0 saturated carbocycles. The van der Waals surface area contributed by atoms with Gasteiger partial charge in [-0.2, -0.15) is 0 Å². The number of hydrogen-bond acceptors (Lipinski definition) is 4. The van der Waals surface area contributed by atoms with Crippen molar-refractivity contribution >= 4 is 5.91 Å². The lowest BCUT2D eigenvalue weighted by Crippen LogP contribution is -2.48. The number of carbonyl (C=O) groups is 1. The van der Waals surface area contributed by atoms with Crippen molar-refractivity contribution in [2.45, 2.75) is 50.8 Å². The normalized spacial score (nSPS) is 26.0. The van der Waals surface area contributed by atoms with E-state index in [1.807, 2.05) is 0 Å². The predicted octanol–water partition coefficient (Wildman–Crippen LogP) is 0.499. The number of rotatable bonds is 4. The molecule has 1 fully saturated rings. The fourth-order valence-corrected chi connectivity index (χ4v) is 2.87. The topological polar surface area (TPSA) is 79.0 Å². The molecule has 1 amide bonds. The molecule has 110 valence electrons. The molecular formula is C14H22N4O2. The molecule has 6 nitrogen and oxygen atoms in total. The standard InChI is InChI=1S/C14H22N4O2/c19-14(15-5-4-10-3-1-2-6-20-10)12-7-11-13(8-16-12)18-9-17-11/h9-10,12,16H,1-8H2,(H,15,19)(H,17,18). The van der Waals surface area contributed by atoms with E-state index < -0.39 is 0 Å². The highest BCUT2D eigenvalue weighted by Gasteiger charge is 2.25. The van der Waals surface area contributed by atoms with Crippen LogP contribution in [0.15, 0.2) is 6.33 Å². The summed E-state index contributed by atoms with van der Waals surface area (Å²) in [6, 6.07) is -0.168. The van der Waals surface area contributed by atoms with Crippen LogP contribution in [-0.4, -0.2) is 41.2 Å². The number of carbonyl (C=O) groups excluding carboxylic acids is 1. The number of hydrogen-bond donors (Lipinski definition) is 3. The van der Waals surface area contributed by atoms with E-state index in [4.69, 9.17) is 4.74 Å². The summed E-state index contributed by atoms with van der Waals surface area (Å²) in [5.41, 5.74) is 2.09. The van der Waals surface area contributed by atoms with Gasteiger partial charge in [0.25, 0.3) is 0 Å². The lowest BCUT2D eigenvalue weighted by Gasteiger charge is -2.24. The molecule has 3 N–H and O–H groups in total. The average Bonchev–Trinajstić information content (AvgIpc) is 2.95. The van der Waals surface area contributed by atoms with Gasteiger partial charge in [-0.25, -0.2) is 4.98 Å². The number of aromatic nitrogens is 2. The molecule has 0 radical (unpaired) electrons. The van der Waals surface area contributed by atoms with Gasteiger partial charge in [-0.1, -0.05) is 0 Å². The van der Waals surface area contributed by atoms with Crippen LogP contribution in [-0.2, 0) is 22.5 Å². The van der Waals surface area contributed by atoms with Crippen molar-refractivity contribution in [1.29, 1.82) is 0 Å². The van der Waals surface area contributed by atoms with Crippen LogP contribution in [0.4, 0.5) is 0 Å². The number of H-pyrrole nitrogens is 1. The maximum absolute atomic E-state index is 12.1. The Hall–Kier alpha value is -1.40. The molecule has 0 spiro atoms. The molecule has 0 aromatic carbocycles. The zero-order chi connectivity index (χ0) is 13.8. The van der Waals surface area contributed by atoms with E-state index in [1.54, 1.807) is 6.33 Å². The Morgan fingerprint density at radius 1 is 1.50 bits per heavy atom. The molecule has 3 heterocycles. The highest BCUT2D eigenvalue weighted by atomic mass is 16.5. The van der Waals surface area contributed by atoms with E-state index in [0.29, 0.717) is 25.6 Å². The highest BCUT2D eigenvalue weighted by molar-refractivity contribution is 5.82. The lowest BCUT2D eigenvalue weighted by molar-refractivity contribution is -0.123. The fraction of sp³-hybridized carbons (Fsp3) is 0.714. The van der Waals surface area contributed by atoms with Crippen molar-refractivity contribution in [3.63, 3.8) is 0 Å².